The van der Waals surface area contributed by atoms with Gasteiger partial charge in [0.15, 0.2) is 0 Å². The first-order valence-corrected chi connectivity index (χ1v) is 4.67. The Morgan fingerprint density at radius 2 is 2.09 bits per heavy atom. The van der Waals surface area contributed by atoms with Crippen LogP contribution in [-0.2, 0) is 4.79 Å². The molecular formula is C10H18O. The van der Waals surface area contributed by atoms with E-state index < -0.39 is 0 Å². The molecule has 0 aromatic rings. The van der Waals surface area contributed by atoms with Gasteiger partial charge in [-0.2, -0.15) is 0 Å². The summed E-state index contributed by atoms with van der Waals surface area (Å²) in [5.74, 6) is 2.31. The third kappa shape index (κ3) is 2.32. The van der Waals surface area contributed by atoms with E-state index in [2.05, 4.69) is 6.92 Å². The molecule has 11 heavy (non-hydrogen) atoms. The van der Waals surface area contributed by atoms with E-state index in [1.807, 2.05) is 13.8 Å². The van der Waals surface area contributed by atoms with Crippen LogP contribution in [0.3, 0.4) is 0 Å². The molecule has 0 aliphatic heterocycles. The average molecular weight is 154 g/mol. The highest BCUT2D eigenvalue weighted by molar-refractivity contribution is 5.80. The van der Waals surface area contributed by atoms with E-state index in [9.17, 15) is 4.79 Å². The second-order valence-corrected chi connectivity index (χ2v) is 3.99. The maximum Gasteiger partial charge on any atom is 0.135 e. The molecule has 1 nitrogen and oxygen atoms in total. The van der Waals surface area contributed by atoms with Crippen molar-refractivity contribution in [1.82, 2.24) is 0 Å². The summed E-state index contributed by atoms with van der Waals surface area (Å²) in [6.45, 7) is 6.20. The van der Waals surface area contributed by atoms with Crippen LogP contribution in [0.15, 0.2) is 0 Å². The number of hydrogen-bond donors (Lipinski definition) is 0. The maximum absolute atomic E-state index is 11.3. The first kappa shape index (κ1) is 8.76. The highest BCUT2D eigenvalue weighted by Crippen LogP contribution is 2.43. The molecule has 1 fully saturated rings. The smallest absolute Gasteiger partial charge is 0.135 e. The van der Waals surface area contributed by atoms with Crippen LogP contribution in [0.4, 0.5) is 0 Å². The van der Waals surface area contributed by atoms with Crippen molar-refractivity contribution < 1.29 is 4.79 Å². The van der Waals surface area contributed by atoms with Crippen LogP contribution < -0.4 is 0 Å². The number of rotatable bonds is 4. The highest BCUT2D eigenvalue weighted by atomic mass is 16.1. The van der Waals surface area contributed by atoms with Gasteiger partial charge in [-0.25, -0.2) is 0 Å². The van der Waals surface area contributed by atoms with E-state index in [-0.39, 0.29) is 5.92 Å². The van der Waals surface area contributed by atoms with Gasteiger partial charge < -0.3 is 0 Å². The largest absolute Gasteiger partial charge is 0.299 e. The van der Waals surface area contributed by atoms with Gasteiger partial charge in [0.1, 0.15) is 5.78 Å². The van der Waals surface area contributed by atoms with Crippen molar-refractivity contribution in [3.05, 3.63) is 0 Å². The van der Waals surface area contributed by atoms with Crippen molar-refractivity contribution >= 4 is 5.78 Å². The third-order valence-corrected chi connectivity index (χ3v) is 2.70. The Morgan fingerprint density at radius 1 is 1.45 bits per heavy atom. The number of hydrogen-bond acceptors (Lipinski definition) is 1. The van der Waals surface area contributed by atoms with Gasteiger partial charge in [-0.1, -0.05) is 27.2 Å². The summed E-state index contributed by atoms with van der Waals surface area (Å²) in [4.78, 5) is 11.3. The zero-order valence-electron chi connectivity index (χ0n) is 7.76. The molecule has 1 aliphatic carbocycles. The molecule has 0 saturated heterocycles. The van der Waals surface area contributed by atoms with Gasteiger partial charge in [0.2, 0.25) is 0 Å². The molecule has 2 unspecified atom stereocenters. The summed E-state index contributed by atoms with van der Waals surface area (Å²) in [6.07, 6.45) is 3.40. The molecule has 0 aromatic carbocycles. The fraction of sp³-hybridized carbons (Fsp3) is 0.900. The summed E-state index contributed by atoms with van der Waals surface area (Å²) >= 11 is 0. The molecule has 1 rings (SSSR count). The van der Waals surface area contributed by atoms with Crippen molar-refractivity contribution in [3.8, 4) is 0 Å². The summed E-state index contributed by atoms with van der Waals surface area (Å²) in [5, 5.41) is 0. The Balaban J connectivity index is 2.18. The van der Waals surface area contributed by atoms with Crippen LogP contribution in [0, 0.1) is 17.8 Å². The van der Waals surface area contributed by atoms with E-state index in [1.54, 1.807) is 0 Å². The van der Waals surface area contributed by atoms with Crippen LogP contribution in [0.5, 0.6) is 0 Å². The Hall–Kier alpha value is -0.330. The number of ketones is 1. The van der Waals surface area contributed by atoms with Gasteiger partial charge in [0, 0.05) is 12.3 Å². The predicted molar refractivity (Wildman–Crippen MR) is 46.4 cm³/mol. The second kappa shape index (κ2) is 3.38. The predicted octanol–water partition coefficient (Wildman–Crippen LogP) is 2.65. The van der Waals surface area contributed by atoms with Crippen LogP contribution >= 0.6 is 0 Å². The standard InChI is InChI=1S/C10H18O/c1-4-8-5-9(8)6-10(11)7(2)3/h7-9H,4-6H2,1-3H3. The first-order chi connectivity index (χ1) is 5.15. The summed E-state index contributed by atoms with van der Waals surface area (Å²) < 4.78 is 0. The Labute approximate surface area is 69.2 Å². The fourth-order valence-corrected chi connectivity index (χ4v) is 1.55. The molecule has 64 valence electrons. The van der Waals surface area contributed by atoms with Crippen LogP contribution in [0.2, 0.25) is 0 Å². The van der Waals surface area contributed by atoms with Crippen molar-refractivity contribution in [2.75, 3.05) is 0 Å². The molecule has 1 saturated carbocycles. The SMILES string of the molecule is CCC1CC1CC(=O)C(C)C. The number of carbonyl (C=O) groups excluding carboxylic acids is 1. The van der Waals surface area contributed by atoms with Crippen LogP contribution in [0.25, 0.3) is 0 Å². The molecule has 0 bridgehead atoms. The van der Waals surface area contributed by atoms with Gasteiger partial charge >= 0.3 is 0 Å². The normalized spacial score (nSPS) is 29.1. The summed E-state index contributed by atoms with van der Waals surface area (Å²) in [6, 6.07) is 0. The summed E-state index contributed by atoms with van der Waals surface area (Å²) in [5.41, 5.74) is 0. The molecule has 0 aromatic heterocycles. The first-order valence-electron chi connectivity index (χ1n) is 4.67. The van der Waals surface area contributed by atoms with Gasteiger partial charge in [-0.3, -0.25) is 4.79 Å². The molecule has 0 radical (unpaired) electrons. The lowest BCUT2D eigenvalue weighted by Gasteiger charge is -2.01. The molecule has 0 N–H and O–H groups in total. The molecular weight excluding hydrogens is 136 g/mol. The monoisotopic (exact) mass is 154 g/mol. The minimum atomic E-state index is 0.244. The fourth-order valence-electron chi connectivity index (χ4n) is 1.55. The van der Waals surface area contributed by atoms with E-state index in [0.717, 1.165) is 18.3 Å². The van der Waals surface area contributed by atoms with Gasteiger partial charge in [-0.05, 0) is 18.3 Å². The van der Waals surface area contributed by atoms with E-state index >= 15 is 0 Å². The van der Waals surface area contributed by atoms with E-state index in [4.69, 9.17) is 0 Å². The van der Waals surface area contributed by atoms with Crippen LogP contribution in [-0.4, -0.2) is 5.78 Å². The van der Waals surface area contributed by atoms with Crippen molar-refractivity contribution in [1.29, 1.82) is 0 Å². The van der Waals surface area contributed by atoms with Gasteiger partial charge in [0.05, 0.1) is 0 Å². The lowest BCUT2D eigenvalue weighted by atomic mass is 10.0. The topological polar surface area (TPSA) is 17.1 Å². The molecule has 0 spiro atoms. The van der Waals surface area contributed by atoms with Crippen molar-refractivity contribution in [2.24, 2.45) is 17.8 Å². The molecule has 0 heterocycles. The Bertz CT molecular complexity index is 149. The molecule has 1 aliphatic rings. The average Bonchev–Trinajstić information content (AvgIpc) is 2.67. The maximum atomic E-state index is 11.3. The minimum absolute atomic E-state index is 0.244. The van der Waals surface area contributed by atoms with Gasteiger partial charge in [0.25, 0.3) is 0 Å². The third-order valence-electron chi connectivity index (χ3n) is 2.70. The van der Waals surface area contributed by atoms with Crippen molar-refractivity contribution in [3.63, 3.8) is 0 Å². The van der Waals surface area contributed by atoms with Crippen LogP contribution in [0.1, 0.15) is 40.0 Å². The number of carbonyl (C=O) groups is 1. The van der Waals surface area contributed by atoms with Crippen molar-refractivity contribution in [2.45, 2.75) is 40.0 Å². The lowest BCUT2D eigenvalue weighted by molar-refractivity contribution is -0.122. The lowest BCUT2D eigenvalue weighted by Crippen LogP contribution is -2.07. The molecule has 1 heteroatoms. The zero-order valence-corrected chi connectivity index (χ0v) is 7.76. The van der Waals surface area contributed by atoms with E-state index in [0.29, 0.717) is 5.78 Å². The molecule has 2 atom stereocenters. The summed E-state index contributed by atoms with van der Waals surface area (Å²) in [7, 11) is 0. The highest BCUT2D eigenvalue weighted by Gasteiger charge is 2.36. The van der Waals surface area contributed by atoms with Gasteiger partial charge in [-0.15, -0.1) is 0 Å². The quantitative estimate of drug-likeness (QED) is 0.608. The minimum Gasteiger partial charge on any atom is -0.299 e. The molecule has 0 amide bonds. The zero-order chi connectivity index (χ0) is 8.43. The Morgan fingerprint density at radius 3 is 2.45 bits per heavy atom. The number of Topliss-reactive ketones (excluding diaryl/α,β-unsaturated/α-hetero) is 1. The second-order valence-electron chi connectivity index (χ2n) is 3.99. The Kier molecular flexibility index (Phi) is 2.69. The van der Waals surface area contributed by atoms with E-state index in [1.165, 1.54) is 12.8 Å².